The largest absolute Gasteiger partial charge is 0.363 e. The van der Waals surface area contributed by atoms with Crippen LogP contribution in [0.1, 0.15) is 6.92 Å². The van der Waals surface area contributed by atoms with Gasteiger partial charge in [0.1, 0.15) is 0 Å². The van der Waals surface area contributed by atoms with E-state index in [1.54, 1.807) is 6.20 Å². The molecule has 0 amide bonds. The van der Waals surface area contributed by atoms with Gasteiger partial charge >= 0.3 is 0 Å². The van der Waals surface area contributed by atoms with Crippen LogP contribution in [-0.2, 0) is 0 Å². The van der Waals surface area contributed by atoms with E-state index in [0.717, 1.165) is 18.0 Å². The first-order chi connectivity index (χ1) is 7.31. The van der Waals surface area contributed by atoms with Crippen LogP contribution in [-0.4, -0.2) is 21.0 Å². The number of pyridine rings is 1. The molecule has 0 aliphatic carbocycles. The second-order valence-corrected chi connectivity index (χ2v) is 3.47. The highest BCUT2D eigenvalue weighted by molar-refractivity contribution is 7.80. The molecular weight excluding hydrogens is 208 g/mol. The van der Waals surface area contributed by atoms with E-state index in [2.05, 4.69) is 15.6 Å². The fraction of sp³-hybridized carbons (Fsp3) is 0.200. The number of nitrogens with one attached hydrogen (secondary N) is 2. The van der Waals surface area contributed by atoms with Gasteiger partial charge in [0.15, 0.2) is 5.11 Å². The van der Waals surface area contributed by atoms with E-state index < -0.39 is 0 Å². The first-order valence-electron chi connectivity index (χ1n) is 4.78. The number of rotatable bonds is 2. The summed E-state index contributed by atoms with van der Waals surface area (Å²) in [5.41, 5.74) is 1.04. The Bertz CT molecular complexity index is 477. The Labute approximate surface area is 93.3 Å². The molecule has 0 atom stereocenters. The molecule has 2 heterocycles. The average Bonchev–Trinajstić information content (AvgIpc) is 2.62. The van der Waals surface area contributed by atoms with Crippen molar-refractivity contribution in [3.63, 3.8) is 0 Å². The highest BCUT2D eigenvalue weighted by atomic mass is 32.1. The summed E-state index contributed by atoms with van der Waals surface area (Å²) in [7, 11) is 0. The van der Waals surface area contributed by atoms with Crippen molar-refractivity contribution in [2.75, 3.05) is 11.9 Å². The van der Waals surface area contributed by atoms with E-state index >= 15 is 0 Å². The fourth-order valence-electron chi connectivity index (χ4n) is 1.34. The molecule has 4 nitrogen and oxygen atoms in total. The van der Waals surface area contributed by atoms with Crippen molar-refractivity contribution in [2.45, 2.75) is 6.92 Å². The molecule has 0 radical (unpaired) electrons. The summed E-state index contributed by atoms with van der Waals surface area (Å²) in [6, 6.07) is 5.92. The van der Waals surface area contributed by atoms with Crippen LogP contribution in [0, 0.1) is 0 Å². The summed E-state index contributed by atoms with van der Waals surface area (Å²) in [6.45, 7) is 2.80. The van der Waals surface area contributed by atoms with E-state index in [0.29, 0.717) is 5.11 Å². The van der Waals surface area contributed by atoms with Gasteiger partial charge in [-0.2, -0.15) is 0 Å². The van der Waals surface area contributed by atoms with Gasteiger partial charge in [0.05, 0.1) is 11.7 Å². The lowest BCUT2D eigenvalue weighted by atomic mass is 10.4. The molecule has 2 aromatic rings. The maximum absolute atomic E-state index is 5.09. The van der Waals surface area contributed by atoms with Gasteiger partial charge in [-0.15, -0.1) is 0 Å². The minimum absolute atomic E-state index is 0.592. The van der Waals surface area contributed by atoms with Gasteiger partial charge < -0.3 is 10.6 Å². The molecule has 2 aromatic heterocycles. The average molecular weight is 220 g/mol. The number of hydrogen-bond donors (Lipinski definition) is 2. The zero-order valence-electron chi connectivity index (χ0n) is 8.40. The smallest absolute Gasteiger partial charge is 0.213 e. The highest BCUT2D eigenvalue weighted by Crippen LogP contribution is 2.09. The van der Waals surface area contributed by atoms with Crippen LogP contribution in [0.3, 0.4) is 0 Å². The highest BCUT2D eigenvalue weighted by Gasteiger charge is 2.02. The maximum Gasteiger partial charge on any atom is 0.213 e. The molecule has 78 valence electrons. The summed E-state index contributed by atoms with van der Waals surface area (Å²) in [5.74, 6) is 0.733. The van der Waals surface area contributed by atoms with Crippen LogP contribution in [0.15, 0.2) is 30.6 Å². The van der Waals surface area contributed by atoms with Crippen LogP contribution in [0.4, 0.5) is 5.95 Å². The molecule has 0 aliphatic rings. The Hall–Kier alpha value is -1.62. The van der Waals surface area contributed by atoms with E-state index in [1.165, 1.54) is 0 Å². The number of anilines is 1. The minimum Gasteiger partial charge on any atom is -0.363 e. The monoisotopic (exact) mass is 220 g/mol. The van der Waals surface area contributed by atoms with E-state index in [4.69, 9.17) is 12.2 Å². The van der Waals surface area contributed by atoms with Crippen molar-refractivity contribution in [1.82, 2.24) is 14.7 Å². The van der Waals surface area contributed by atoms with Crippen molar-refractivity contribution in [3.05, 3.63) is 30.6 Å². The van der Waals surface area contributed by atoms with Crippen molar-refractivity contribution in [3.8, 4) is 0 Å². The number of fused-ring (bicyclic) bond motifs is 1. The maximum atomic E-state index is 5.09. The number of aromatic nitrogens is 2. The molecule has 0 aromatic carbocycles. The Morgan fingerprint density at radius 3 is 3.20 bits per heavy atom. The summed E-state index contributed by atoms with van der Waals surface area (Å²) < 4.78 is 1.95. The fourth-order valence-corrected chi connectivity index (χ4v) is 1.58. The second kappa shape index (κ2) is 4.27. The molecule has 2 N–H and O–H groups in total. The molecule has 0 fully saturated rings. The zero-order valence-corrected chi connectivity index (χ0v) is 9.21. The SMILES string of the molecule is CCNC(=S)Nc1ncc2ccccn12. The minimum atomic E-state index is 0.592. The molecule has 0 saturated heterocycles. The van der Waals surface area contributed by atoms with Gasteiger partial charge in [-0.1, -0.05) is 6.07 Å². The van der Waals surface area contributed by atoms with Gasteiger partial charge in [-0.25, -0.2) is 4.98 Å². The summed E-state index contributed by atoms with van der Waals surface area (Å²) >= 11 is 5.09. The third-order valence-electron chi connectivity index (χ3n) is 2.00. The van der Waals surface area contributed by atoms with Crippen LogP contribution < -0.4 is 10.6 Å². The van der Waals surface area contributed by atoms with Crippen LogP contribution in [0.2, 0.25) is 0 Å². The van der Waals surface area contributed by atoms with Gasteiger partial charge in [0.25, 0.3) is 0 Å². The standard InChI is InChI=1S/C10H12N4S/c1-2-11-10(15)13-9-12-7-8-5-3-4-6-14(8)9/h3-7H,2H2,1H3,(H2,11,12,13,15). The number of nitrogens with zero attached hydrogens (tertiary/aromatic N) is 2. The number of hydrogen-bond acceptors (Lipinski definition) is 2. The lowest BCUT2D eigenvalue weighted by Gasteiger charge is -2.06. The Morgan fingerprint density at radius 1 is 1.53 bits per heavy atom. The molecule has 2 rings (SSSR count). The quantitative estimate of drug-likeness (QED) is 0.755. The normalized spacial score (nSPS) is 10.2. The van der Waals surface area contributed by atoms with Crippen molar-refractivity contribution in [1.29, 1.82) is 0 Å². The van der Waals surface area contributed by atoms with Crippen molar-refractivity contribution in [2.24, 2.45) is 0 Å². The third-order valence-corrected chi connectivity index (χ3v) is 2.25. The van der Waals surface area contributed by atoms with Crippen molar-refractivity contribution < 1.29 is 0 Å². The molecular formula is C10H12N4S. The Kier molecular flexibility index (Phi) is 2.82. The predicted octanol–water partition coefficient (Wildman–Crippen LogP) is 1.64. The number of imidazole rings is 1. The third kappa shape index (κ3) is 2.07. The summed E-state index contributed by atoms with van der Waals surface area (Å²) in [4.78, 5) is 4.24. The molecule has 15 heavy (non-hydrogen) atoms. The first-order valence-corrected chi connectivity index (χ1v) is 5.19. The molecule has 5 heteroatoms. The Morgan fingerprint density at radius 2 is 2.40 bits per heavy atom. The van der Waals surface area contributed by atoms with Crippen molar-refractivity contribution >= 4 is 28.8 Å². The topological polar surface area (TPSA) is 41.4 Å². The zero-order chi connectivity index (χ0) is 10.7. The number of thiocarbonyl (C=S) groups is 1. The van der Waals surface area contributed by atoms with Gasteiger partial charge in [-0.05, 0) is 31.3 Å². The lowest BCUT2D eigenvalue weighted by molar-refractivity contribution is 0.975. The van der Waals surface area contributed by atoms with Crippen LogP contribution in [0.5, 0.6) is 0 Å². The van der Waals surface area contributed by atoms with Gasteiger partial charge in [-0.3, -0.25) is 4.40 Å². The summed E-state index contributed by atoms with van der Waals surface area (Å²) in [6.07, 6.45) is 3.75. The first kappa shape index (κ1) is 9.92. The second-order valence-electron chi connectivity index (χ2n) is 3.06. The summed E-state index contributed by atoms with van der Waals surface area (Å²) in [5, 5.41) is 6.65. The van der Waals surface area contributed by atoms with E-state index in [9.17, 15) is 0 Å². The molecule has 0 saturated carbocycles. The van der Waals surface area contributed by atoms with Crippen LogP contribution in [0.25, 0.3) is 5.52 Å². The van der Waals surface area contributed by atoms with E-state index in [1.807, 2.05) is 35.7 Å². The molecule has 0 spiro atoms. The molecule has 0 aliphatic heterocycles. The van der Waals surface area contributed by atoms with Gasteiger partial charge in [0, 0.05) is 12.7 Å². The lowest BCUT2D eigenvalue weighted by Crippen LogP contribution is -2.28. The van der Waals surface area contributed by atoms with E-state index in [-0.39, 0.29) is 0 Å². The Balaban J connectivity index is 2.25. The molecule has 0 unspecified atom stereocenters. The predicted molar refractivity (Wildman–Crippen MR) is 65.1 cm³/mol. The van der Waals surface area contributed by atoms with Gasteiger partial charge in [0.2, 0.25) is 5.95 Å². The molecule has 0 bridgehead atoms. The van der Waals surface area contributed by atoms with Crippen LogP contribution >= 0.6 is 12.2 Å².